The normalized spacial score (nSPS) is 26.1. The smallest absolute Gasteiger partial charge is 0.417 e. The van der Waals surface area contributed by atoms with E-state index in [2.05, 4.69) is 22.5 Å². The van der Waals surface area contributed by atoms with Crippen molar-refractivity contribution in [1.29, 1.82) is 5.26 Å². The number of ether oxygens (including phenoxy) is 2. The Kier molecular flexibility index (Phi) is 8.77. The minimum absolute atomic E-state index is 0.0440. The molecule has 0 aliphatic carbocycles. The number of piperazine rings is 1. The van der Waals surface area contributed by atoms with Crippen LogP contribution in [-0.2, 0) is 28.7 Å². The summed E-state index contributed by atoms with van der Waals surface area (Å²) < 4.78 is 84.7. The van der Waals surface area contributed by atoms with E-state index < -0.39 is 52.7 Å². The van der Waals surface area contributed by atoms with Gasteiger partial charge in [0.15, 0.2) is 5.82 Å². The number of nitrogen functional groups attached to an aromatic ring is 1. The number of nitrogens with zero attached hydrogens (tertiary/aromatic N) is 6. The molecule has 6 rings (SSSR count). The van der Waals surface area contributed by atoms with Crippen molar-refractivity contribution >= 4 is 17.4 Å². The van der Waals surface area contributed by atoms with E-state index >= 15 is 4.39 Å². The Hall–Kier alpha value is -4.03. The zero-order valence-corrected chi connectivity index (χ0v) is 26.0. The van der Waals surface area contributed by atoms with E-state index in [1.165, 1.54) is 13.0 Å². The number of carbonyl (C=O) groups is 1. The fraction of sp³-hybridized carbons (Fsp3) is 0.562. The molecule has 47 heavy (non-hydrogen) atoms. The summed E-state index contributed by atoms with van der Waals surface area (Å²) in [5.74, 6) is -1.13. The largest absolute Gasteiger partial charge is 0.461 e. The lowest BCUT2D eigenvalue weighted by Gasteiger charge is -2.42. The van der Waals surface area contributed by atoms with E-state index in [-0.39, 0.29) is 56.6 Å². The first-order valence-corrected chi connectivity index (χ1v) is 15.6. The summed E-state index contributed by atoms with van der Waals surface area (Å²) >= 11 is 0. The van der Waals surface area contributed by atoms with Crippen molar-refractivity contribution in [3.63, 3.8) is 0 Å². The second kappa shape index (κ2) is 12.5. The van der Waals surface area contributed by atoms with Gasteiger partial charge in [-0.3, -0.25) is 9.69 Å². The van der Waals surface area contributed by atoms with Crippen LogP contribution in [0.15, 0.2) is 18.7 Å². The third-order valence-corrected chi connectivity index (χ3v) is 9.79. The number of halogens is 5. The first-order valence-electron chi connectivity index (χ1n) is 15.6. The van der Waals surface area contributed by atoms with Crippen LogP contribution in [0.3, 0.4) is 0 Å². The topological polar surface area (TPSA) is 121 Å². The zero-order chi connectivity index (χ0) is 33.7. The third kappa shape index (κ3) is 6.09. The molecule has 5 heterocycles. The second-order valence-electron chi connectivity index (χ2n) is 12.7. The predicted molar refractivity (Wildman–Crippen MR) is 161 cm³/mol. The molecule has 3 fully saturated rings. The highest BCUT2D eigenvalue weighted by atomic mass is 19.4. The lowest BCUT2D eigenvalue weighted by Crippen LogP contribution is -2.55. The summed E-state index contributed by atoms with van der Waals surface area (Å²) in [5.41, 5.74) is 3.57. The van der Waals surface area contributed by atoms with Crippen molar-refractivity contribution in [3.05, 3.63) is 52.5 Å². The predicted octanol–water partition coefficient (Wildman–Crippen LogP) is 4.41. The van der Waals surface area contributed by atoms with Crippen LogP contribution in [0.5, 0.6) is 6.01 Å². The molecule has 4 atom stereocenters. The number of amides is 1. The van der Waals surface area contributed by atoms with E-state index in [9.17, 15) is 27.6 Å². The van der Waals surface area contributed by atoms with Gasteiger partial charge in [-0.05, 0) is 44.0 Å². The maximum Gasteiger partial charge on any atom is 0.417 e. The van der Waals surface area contributed by atoms with Crippen LogP contribution in [0.25, 0.3) is 0 Å². The first-order chi connectivity index (χ1) is 22.3. The number of anilines is 2. The molecule has 1 amide bonds. The van der Waals surface area contributed by atoms with E-state index in [1.54, 1.807) is 4.90 Å². The molecule has 4 aliphatic heterocycles. The van der Waals surface area contributed by atoms with Crippen LogP contribution < -0.4 is 15.4 Å². The molecule has 1 aromatic carbocycles. The Labute approximate surface area is 268 Å². The van der Waals surface area contributed by atoms with Crippen LogP contribution in [0.4, 0.5) is 33.5 Å². The Bertz CT molecular complexity index is 1610. The van der Waals surface area contributed by atoms with Crippen molar-refractivity contribution in [2.24, 2.45) is 0 Å². The lowest BCUT2D eigenvalue weighted by molar-refractivity contribution is -0.140. The minimum atomic E-state index is -4.87. The van der Waals surface area contributed by atoms with Gasteiger partial charge in [-0.1, -0.05) is 6.58 Å². The molecular formula is C32H36F5N7O3. The van der Waals surface area contributed by atoms with Gasteiger partial charge in [0, 0.05) is 50.1 Å². The van der Waals surface area contributed by atoms with Crippen molar-refractivity contribution in [3.8, 4) is 12.1 Å². The van der Waals surface area contributed by atoms with E-state index in [0.717, 1.165) is 25.5 Å². The Balaban J connectivity index is 1.38. The Morgan fingerprint density at radius 3 is 2.81 bits per heavy atom. The number of alkyl halides is 4. The number of rotatable bonds is 7. The molecule has 0 bridgehead atoms. The molecule has 0 spiro atoms. The molecule has 0 saturated carbocycles. The number of nitrogens with two attached hydrogens (primary N) is 1. The number of aryl methyl sites for hydroxylation is 1. The van der Waals surface area contributed by atoms with Crippen LogP contribution in [-0.4, -0.2) is 82.8 Å². The quantitative estimate of drug-likeness (QED) is 0.261. The highest BCUT2D eigenvalue weighted by molar-refractivity contribution is 5.87. The van der Waals surface area contributed by atoms with Crippen LogP contribution in [0.1, 0.15) is 59.7 Å². The molecule has 1 aromatic heterocycles. The number of nitriles is 1. The van der Waals surface area contributed by atoms with Crippen LogP contribution >= 0.6 is 0 Å². The van der Waals surface area contributed by atoms with Crippen molar-refractivity contribution in [2.45, 2.75) is 75.7 Å². The van der Waals surface area contributed by atoms with Crippen LogP contribution in [0.2, 0.25) is 0 Å². The number of hydrogen-bond acceptors (Lipinski definition) is 9. The Morgan fingerprint density at radius 2 is 2.09 bits per heavy atom. The first kappa shape index (κ1) is 32.9. The van der Waals surface area contributed by atoms with Gasteiger partial charge in [-0.25, -0.2) is 8.78 Å². The van der Waals surface area contributed by atoms with Crippen molar-refractivity contribution in [1.82, 2.24) is 19.8 Å². The Morgan fingerprint density at radius 1 is 1.30 bits per heavy atom. The van der Waals surface area contributed by atoms with Gasteiger partial charge in [0.25, 0.3) is 0 Å². The maximum absolute atomic E-state index is 15.4. The molecule has 2 aromatic rings. The molecule has 4 aliphatic rings. The van der Waals surface area contributed by atoms with Crippen LogP contribution in [0, 0.1) is 24.1 Å². The van der Waals surface area contributed by atoms with E-state index in [1.807, 2.05) is 4.90 Å². The minimum Gasteiger partial charge on any atom is -0.461 e. The van der Waals surface area contributed by atoms with Gasteiger partial charge >= 0.3 is 12.2 Å². The van der Waals surface area contributed by atoms with E-state index in [4.69, 9.17) is 20.2 Å². The highest BCUT2D eigenvalue weighted by Gasteiger charge is 2.49. The summed E-state index contributed by atoms with van der Waals surface area (Å²) in [4.78, 5) is 27.3. The summed E-state index contributed by atoms with van der Waals surface area (Å²) in [6, 6.07) is 2.53. The summed E-state index contributed by atoms with van der Waals surface area (Å²) in [6.07, 6.45) is -4.27. The molecule has 252 valence electrons. The molecule has 2 N–H and O–H groups in total. The molecule has 0 unspecified atom stereocenters. The fourth-order valence-electron chi connectivity index (χ4n) is 7.65. The second-order valence-corrected chi connectivity index (χ2v) is 12.7. The fourth-order valence-corrected chi connectivity index (χ4v) is 7.65. The summed E-state index contributed by atoms with van der Waals surface area (Å²) in [5, 5.41) is 9.48. The highest BCUT2D eigenvalue weighted by Crippen LogP contribution is 2.45. The van der Waals surface area contributed by atoms with Gasteiger partial charge < -0.3 is 25.0 Å². The van der Waals surface area contributed by atoms with E-state index in [0.29, 0.717) is 36.6 Å². The van der Waals surface area contributed by atoms with Gasteiger partial charge in [-0.15, -0.1) is 0 Å². The lowest BCUT2D eigenvalue weighted by atomic mass is 9.91. The molecule has 0 radical (unpaired) electrons. The summed E-state index contributed by atoms with van der Waals surface area (Å²) in [7, 11) is 0. The number of aromatic nitrogens is 2. The molecular weight excluding hydrogens is 625 g/mol. The molecule has 10 nitrogen and oxygen atoms in total. The standard InChI is InChI=1S/C32H36F5N7O3/c1-3-25(45)44-10-9-42(15-20(44)5-7-38)29-21-16-46-24(26-27(32(35,36)37)18(2)11-22(39)28(26)34)12-23(21)40-30(41-29)47-17-31-6-4-8-43(31)14-19(33)13-31/h3,11,19-20,24H,1,4-6,8-10,12-17,39H2,2H3/t19-,20+,24-,31+/m1/s1. The molecule has 15 heteroatoms. The van der Waals surface area contributed by atoms with Gasteiger partial charge in [-0.2, -0.15) is 28.4 Å². The van der Waals surface area contributed by atoms with Crippen molar-refractivity contribution in [2.75, 3.05) is 50.0 Å². The number of hydrogen-bond donors (Lipinski definition) is 1. The maximum atomic E-state index is 15.4. The zero-order valence-electron chi connectivity index (χ0n) is 26.0. The number of carbonyl (C=O) groups excluding carboxylic acids is 1. The van der Waals surface area contributed by atoms with Gasteiger partial charge in [0.05, 0.1) is 53.7 Å². The monoisotopic (exact) mass is 661 g/mol. The van der Waals surface area contributed by atoms with Crippen molar-refractivity contribution < 1.29 is 36.2 Å². The average molecular weight is 662 g/mol. The number of fused-ring (bicyclic) bond motifs is 2. The van der Waals surface area contributed by atoms with Gasteiger partial charge in [0.2, 0.25) is 5.91 Å². The number of benzene rings is 1. The SMILES string of the molecule is C=CC(=O)N1CCN(c2nc(OC[C@@]34CCCN3C[C@H](F)C4)nc3c2CO[C@@H](c2c(F)c(N)cc(C)c2C(F)(F)F)C3)C[C@@H]1CC#N. The molecule has 3 saturated heterocycles. The van der Waals surface area contributed by atoms with Gasteiger partial charge in [0.1, 0.15) is 18.6 Å². The third-order valence-electron chi connectivity index (χ3n) is 9.79. The summed E-state index contributed by atoms with van der Waals surface area (Å²) in [6.45, 7) is 6.52. The average Bonchev–Trinajstić information content (AvgIpc) is 3.55.